The zero-order valence-electron chi connectivity index (χ0n) is 14.6. The lowest BCUT2D eigenvalue weighted by Gasteiger charge is -2.33. The number of carbonyl (C=O) groups excluding carboxylic acids is 2. The summed E-state index contributed by atoms with van der Waals surface area (Å²) in [6, 6.07) is 5.44. The highest BCUT2D eigenvalue weighted by molar-refractivity contribution is 5.99. The van der Waals surface area contributed by atoms with Crippen molar-refractivity contribution in [3.63, 3.8) is 0 Å². The van der Waals surface area contributed by atoms with Crippen molar-refractivity contribution in [2.24, 2.45) is 0 Å². The van der Waals surface area contributed by atoms with Crippen molar-refractivity contribution in [1.29, 1.82) is 0 Å². The molecule has 0 unspecified atom stereocenters. The standard InChI is InChI=1S/C18H25N3O4/c1-2-3-17(22)19-14-4-5-15-16(12-14)25-13-18(23)21(15)7-6-20-8-10-24-11-9-20/h4-5,12H,2-3,6-11,13H2,1H3,(H,19,22). The molecule has 136 valence electrons. The molecule has 0 saturated carbocycles. The van der Waals surface area contributed by atoms with Crippen LogP contribution in [0.4, 0.5) is 11.4 Å². The molecule has 1 aromatic rings. The van der Waals surface area contributed by atoms with Gasteiger partial charge in [0.1, 0.15) is 5.75 Å². The Morgan fingerprint density at radius 1 is 1.24 bits per heavy atom. The van der Waals surface area contributed by atoms with Crippen molar-refractivity contribution in [3.8, 4) is 5.75 Å². The van der Waals surface area contributed by atoms with Crippen molar-refractivity contribution in [1.82, 2.24) is 4.90 Å². The SMILES string of the molecule is CCCC(=O)Nc1ccc2c(c1)OCC(=O)N2CCN1CCOCC1. The Bertz CT molecular complexity index is 629. The topological polar surface area (TPSA) is 71.1 Å². The maximum atomic E-state index is 12.3. The smallest absolute Gasteiger partial charge is 0.265 e. The molecule has 25 heavy (non-hydrogen) atoms. The number of morpholine rings is 1. The van der Waals surface area contributed by atoms with E-state index in [0.717, 1.165) is 45.0 Å². The Hall–Kier alpha value is -2.12. The van der Waals surface area contributed by atoms with Crippen molar-refractivity contribution in [2.75, 3.05) is 56.2 Å². The van der Waals surface area contributed by atoms with Crippen LogP contribution < -0.4 is 15.0 Å². The number of nitrogens with one attached hydrogen (secondary N) is 1. The van der Waals surface area contributed by atoms with E-state index in [4.69, 9.17) is 9.47 Å². The Labute approximate surface area is 147 Å². The quantitative estimate of drug-likeness (QED) is 0.844. The molecule has 1 aromatic carbocycles. The fraction of sp³-hybridized carbons (Fsp3) is 0.556. The molecule has 2 aliphatic heterocycles. The summed E-state index contributed by atoms with van der Waals surface area (Å²) < 4.78 is 10.9. The first-order valence-electron chi connectivity index (χ1n) is 8.84. The zero-order valence-corrected chi connectivity index (χ0v) is 14.6. The molecular formula is C18H25N3O4. The zero-order chi connectivity index (χ0) is 17.6. The molecule has 0 atom stereocenters. The van der Waals surface area contributed by atoms with E-state index < -0.39 is 0 Å². The molecule has 7 heteroatoms. The van der Waals surface area contributed by atoms with E-state index in [2.05, 4.69) is 10.2 Å². The molecule has 0 aliphatic carbocycles. The van der Waals surface area contributed by atoms with Crippen molar-refractivity contribution in [3.05, 3.63) is 18.2 Å². The molecular weight excluding hydrogens is 322 g/mol. The molecule has 2 aliphatic rings. The van der Waals surface area contributed by atoms with Crippen LogP contribution in [0.15, 0.2) is 18.2 Å². The first kappa shape index (κ1) is 17.7. The van der Waals surface area contributed by atoms with E-state index >= 15 is 0 Å². The van der Waals surface area contributed by atoms with Gasteiger partial charge in [0.2, 0.25) is 5.91 Å². The summed E-state index contributed by atoms with van der Waals surface area (Å²) in [5.41, 5.74) is 1.46. The molecule has 2 amide bonds. The van der Waals surface area contributed by atoms with E-state index in [1.807, 2.05) is 19.1 Å². The van der Waals surface area contributed by atoms with Crippen LogP contribution in [0.3, 0.4) is 0 Å². The van der Waals surface area contributed by atoms with Gasteiger partial charge in [0.25, 0.3) is 5.91 Å². The summed E-state index contributed by atoms with van der Waals surface area (Å²) in [5, 5.41) is 2.86. The second-order valence-corrected chi connectivity index (χ2v) is 6.27. The van der Waals surface area contributed by atoms with Crippen molar-refractivity contribution < 1.29 is 19.1 Å². The van der Waals surface area contributed by atoms with Gasteiger partial charge in [-0.1, -0.05) is 6.92 Å². The lowest BCUT2D eigenvalue weighted by atomic mass is 10.2. The van der Waals surface area contributed by atoms with Crippen LogP contribution in [0.2, 0.25) is 0 Å². The lowest BCUT2D eigenvalue weighted by molar-refractivity contribution is -0.121. The monoisotopic (exact) mass is 347 g/mol. The number of benzene rings is 1. The molecule has 0 aromatic heterocycles. The van der Waals surface area contributed by atoms with E-state index in [9.17, 15) is 9.59 Å². The lowest BCUT2D eigenvalue weighted by Crippen LogP contribution is -2.45. The molecule has 1 saturated heterocycles. The fourth-order valence-corrected chi connectivity index (χ4v) is 3.04. The predicted octanol–water partition coefficient (Wildman–Crippen LogP) is 1.48. The highest BCUT2D eigenvalue weighted by Gasteiger charge is 2.26. The van der Waals surface area contributed by atoms with Gasteiger partial charge in [-0.3, -0.25) is 14.5 Å². The summed E-state index contributed by atoms with van der Waals surface area (Å²) in [6.45, 7) is 6.71. The second-order valence-electron chi connectivity index (χ2n) is 6.27. The molecule has 2 heterocycles. The third-order valence-electron chi connectivity index (χ3n) is 4.41. The molecule has 7 nitrogen and oxygen atoms in total. The maximum absolute atomic E-state index is 12.3. The van der Waals surface area contributed by atoms with Gasteiger partial charge in [-0.15, -0.1) is 0 Å². The van der Waals surface area contributed by atoms with E-state index in [1.165, 1.54) is 0 Å². The number of nitrogens with zero attached hydrogens (tertiary/aromatic N) is 2. The van der Waals surface area contributed by atoms with Gasteiger partial charge in [-0.05, 0) is 18.6 Å². The van der Waals surface area contributed by atoms with E-state index in [-0.39, 0.29) is 18.4 Å². The minimum atomic E-state index is -0.0384. The number of hydrogen-bond acceptors (Lipinski definition) is 5. The number of amides is 2. The van der Waals surface area contributed by atoms with Crippen LogP contribution >= 0.6 is 0 Å². The summed E-state index contributed by atoms with van der Waals surface area (Å²) in [4.78, 5) is 28.1. The highest BCUT2D eigenvalue weighted by Crippen LogP contribution is 2.34. The van der Waals surface area contributed by atoms with Crippen LogP contribution in [-0.2, 0) is 14.3 Å². The first-order chi connectivity index (χ1) is 12.2. The number of anilines is 2. The Balaban J connectivity index is 1.67. The van der Waals surface area contributed by atoms with Crippen LogP contribution in [-0.4, -0.2) is 62.7 Å². The Morgan fingerprint density at radius 3 is 2.80 bits per heavy atom. The third kappa shape index (κ3) is 4.49. The number of fused-ring (bicyclic) bond motifs is 1. The summed E-state index contributed by atoms with van der Waals surface area (Å²) in [6.07, 6.45) is 1.29. The normalized spacial score (nSPS) is 17.8. The van der Waals surface area contributed by atoms with Crippen LogP contribution in [0.1, 0.15) is 19.8 Å². The summed E-state index contributed by atoms with van der Waals surface area (Å²) in [7, 11) is 0. The average Bonchev–Trinajstić information content (AvgIpc) is 2.62. The number of hydrogen-bond donors (Lipinski definition) is 1. The van der Waals surface area contributed by atoms with Crippen LogP contribution in [0.5, 0.6) is 5.75 Å². The van der Waals surface area contributed by atoms with Crippen molar-refractivity contribution in [2.45, 2.75) is 19.8 Å². The number of carbonyl (C=O) groups is 2. The minimum absolute atomic E-state index is 0.0153. The molecule has 1 N–H and O–H groups in total. The van der Waals surface area contributed by atoms with Gasteiger partial charge < -0.3 is 19.7 Å². The Kier molecular flexibility index (Phi) is 5.88. The largest absolute Gasteiger partial charge is 0.481 e. The van der Waals surface area contributed by atoms with E-state index in [0.29, 0.717) is 24.4 Å². The van der Waals surface area contributed by atoms with Crippen molar-refractivity contribution >= 4 is 23.2 Å². The minimum Gasteiger partial charge on any atom is -0.481 e. The van der Waals surface area contributed by atoms with Gasteiger partial charge >= 0.3 is 0 Å². The fourth-order valence-electron chi connectivity index (χ4n) is 3.04. The number of ether oxygens (including phenoxy) is 2. The van der Waals surface area contributed by atoms with Gasteiger partial charge in [0.05, 0.1) is 18.9 Å². The highest BCUT2D eigenvalue weighted by atomic mass is 16.5. The molecule has 3 rings (SSSR count). The first-order valence-corrected chi connectivity index (χ1v) is 8.84. The molecule has 0 spiro atoms. The molecule has 1 fully saturated rings. The predicted molar refractivity (Wildman–Crippen MR) is 95.1 cm³/mol. The molecule has 0 radical (unpaired) electrons. The summed E-state index contributed by atoms with van der Waals surface area (Å²) in [5.74, 6) is 0.581. The maximum Gasteiger partial charge on any atom is 0.265 e. The van der Waals surface area contributed by atoms with Gasteiger partial charge in [-0.25, -0.2) is 0 Å². The average molecular weight is 347 g/mol. The van der Waals surface area contributed by atoms with Gasteiger partial charge in [0, 0.05) is 44.4 Å². The third-order valence-corrected chi connectivity index (χ3v) is 4.41. The van der Waals surface area contributed by atoms with Crippen LogP contribution in [0, 0.1) is 0 Å². The van der Waals surface area contributed by atoms with Gasteiger partial charge in [0.15, 0.2) is 6.61 Å². The summed E-state index contributed by atoms with van der Waals surface area (Å²) >= 11 is 0. The van der Waals surface area contributed by atoms with Crippen LogP contribution in [0.25, 0.3) is 0 Å². The van der Waals surface area contributed by atoms with E-state index in [1.54, 1.807) is 11.0 Å². The number of rotatable bonds is 6. The Morgan fingerprint density at radius 2 is 2.04 bits per heavy atom. The van der Waals surface area contributed by atoms with Gasteiger partial charge in [-0.2, -0.15) is 0 Å². The second kappa shape index (κ2) is 8.31. The molecule has 0 bridgehead atoms.